The summed E-state index contributed by atoms with van der Waals surface area (Å²) in [4.78, 5) is 41.5. The van der Waals surface area contributed by atoms with Crippen molar-refractivity contribution in [2.45, 2.75) is 83.7 Å². The highest BCUT2D eigenvalue weighted by atomic mass is 16.6. The number of likely N-dealkylation sites (tertiary alicyclic amines) is 1. The quantitative estimate of drug-likeness (QED) is 0.182. The number of amides is 2. The molecule has 0 aromatic heterocycles. The Bertz CT molecular complexity index is 1170. The van der Waals surface area contributed by atoms with Crippen LogP contribution in [-0.2, 0) is 19.1 Å². The summed E-state index contributed by atoms with van der Waals surface area (Å²) < 4.78 is 10.9. The Kier molecular flexibility index (Phi) is 13.5. The zero-order chi connectivity index (χ0) is 31.1. The predicted molar refractivity (Wildman–Crippen MR) is 174 cm³/mol. The molecule has 1 aliphatic carbocycles. The van der Waals surface area contributed by atoms with Gasteiger partial charge in [-0.05, 0) is 69.4 Å². The van der Waals surface area contributed by atoms with E-state index in [0.717, 1.165) is 94.2 Å². The van der Waals surface area contributed by atoms with Crippen LogP contribution in [-0.4, -0.2) is 73.7 Å². The fraction of sp³-hybridized carbons (Fsp3) is 0.583. The zero-order valence-electron chi connectivity index (χ0n) is 26.7. The van der Waals surface area contributed by atoms with Crippen LogP contribution in [0.1, 0.15) is 77.6 Å². The van der Waals surface area contributed by atoms with Crippen molar-refractivity contribution in [2.24, 2.45) is 11.8 Å². The standard InChI is InChI=1S/C36H51N3O5/c1-3-43-35(41)30-20-18-28(19-21-30)12-6-4-9-17-34(40)38(2)26-27-39-24-22-31(23-25-39)44-36(42)37-33-16-11-10-15-32(33)29-13-7-5-8-14-29/h5,7-8,10-11,13-16,28,30-31H,3-4,6,9,12,17-27H2,1-2H3,(H,37,42). The van der Waals surface area contributed by atoms with Gasteiger partial charge in [0.1, 0.15) is 6.10 Å². The molecule has 1 N–H and O–H groups in total. The first-order chi connectivity index (χ1) is 21.4. The van der Waals surface area contributed by atoms with Gasteiger partial charge in [-0.2, -0.15) is 0 Å². The first kappa shape index (κ1) is 33.5. The number of ether oxygens (including phenoxy) is 2. The molecule has 8 heteroatoms. The van der Waals surface area contributed by atoms with Crippen LogP contribution in [0.25, 0.3) is 11.1 Å². The number of carbonyl (C=O) groups excluding carboxylic acids is 3. The molecule has 1 saturated heterocycles. The summed E-state index contributed by atoms with van der Waals surface area (Å²) in [5.41, 5.74) is 2.75. The van der Waals surface area contributed by atoms with E-state index in [0.29, 0.717) is 25.5 Å². The molecule has 4 rings (SSSR count). The molecule has 0 atom stereocenters. The second-order valence-electron chi connectivity index (χ2n) is 12.4. The maximum atomic E-state index is 12.7. The molecule has 1 aliphatic heterocycles. The Morgan fingerprint density at radius 1 is 0.886 bits per heavy atom. The van der Waals surface area contributed by atoms with Crippen LogP contribution < -0.4 is 5.32 Å². The lowest BCUT2D eigenvalue weighted by atomic mass is 9.80. The van der Waals surface area contributed by atoms with E-state index in [-0.39, 0.29) is 23.9 Å². The zero-order valence-corrected chi connectivity index (χ0v) is 26.7. The van der Waals surface area contributed by atoms with Gasteiger partial charge in [-0.3, -0.25) is 14.9 Å². The van der Waals surface area contributed by atoms with Gasteiger partial charge in [0, 0.05) is 45.2 Å². The van der Waals surface area contributed by atoms with Gasteiger partial charge in [0.25, 0.3) is 0 Å². The summed E-state index contributed by atoms with van der Waals surface area (Å²) in [5, 5.41) is 2.94. The maximum absolute atomic E-state index is 12.7. The fourth-order valence-electron chi connectivity index (χ4n) is 6.44. The number of nitrogens with zero attached hydrogens (tertiary/aromatic N) is 2. The molecule has 1 heterocycles. The predicted octanol–water partition coefficient (Wildman–Crippen LogP) is 7.14. The van der Waals surface area contributed by atoms with Crippen LogP contribution in [0.5, 0.6) is 0 Å². The number of anilines is 1. The minimum atomic E-state index is -0.418. The van der Waals surface area contributed by atoms with Gasteiger partial charge < -0.3 is 19.3 Å². The van der Waals surface area contributed by atoms with Gasteiger partial charge in [-0.25, -0.2) is 4.79 Å². The summed E-state index contributed by atoms with van der Waals surface area (Å²) in [7, 11) is 1.90. The van der Waals surface area contributed by atoms with Crippen LogP contribution in [0.3, 0.4) is 0 Å². The number of carbonyl (C=O) groups is 3. The average Bonchev–Trinajstić information content (AvgIpc) is 3.05. The van der Waals surface area contributed by atoms with Crippen molar-refractivity contribution in [3.63, 3.8) is 0 Å². The number of hydrogen-bond donors (Lipinski definition) is 1. The highest BCUT2D eigenvalue weighted by Crippen LogP contribution is 2.33. The summed E-state index contributed by atoms with van der Waals surface area (Å²) in [6.45, 7) is 5.58. The van der Waals surface area contributed by atoms with Crippen molar-refractivity contribution in [1.82, 2.24) is 9.80 Å². The molecule has 0 radical (unpaired) electrons. The molecule has 44 heavy (non-hydrogen) atoms. The smallest absolute Gasteiger partial charge is 0.411 e. The maximum Gasteiger partial charge on any atom is 0.411 e. The molecule has 2 fully saturated rings. The minimum absolute atomic E-state index is 0.0198. The van der Waals surface area contributed by atoms with E-state index >= 15 is 0 Å². The molecular weight excluding hydrogens is 554 g/mol. The number of nitrogens with one attached hydrogen (secondary N) is 1. The lowest BCUT2D eigenvalue weighted by molar-refractivity contribution is -0.149. The first-order valence-electron chi connectivity index (χ1n) is 16.7. The van der Waals surface area contributed by atoms with E-state index in [1.807, 2.05) is 73.5 Å². The number of hydrogen-bond acceptors (Lipinski definition) is 6. The summed E-state index contributed by atoms with van der Waals surface area (Å²) in [6, 6.07) is 17.8. The van der Waals surface area contributed by atoms with E-state index in [1.54, 1.807) is 0 Å². The highest BCUT2D eigenvalue weighted by molar-refractivity contribution is 5.91. The van der Waals surface area contributed by atoms with Crippen molar-refractivity contribution in [1.29, 1.82) is 0 Å². The number of para-hydroxylation sites is 1. The fourth-order valence-corrected chi connectivity index (χ4v) is 6.44. The minimum Gasteiger partial charge on any atom is -0.466 e. The highest BCUT2D eigenvalue weighted by Gasteiger charge is 2.27. The van der Waals surface area contributed by atoms with Crippen LogP contribution in [0.2, 0.25) is 0 Å². The largest absolute Gasteiger partial charge is 0.466 e. The van der Waals surface area contributed by atoms with Crippen LogP contribution in [0, 0.1) is 11.8 Å². The summed E-state index contributed by atoms with van der Waals surface area (Å²) in [6.07, 6.45) is 10.2. The number of benzene rings is 2. The van der Waals surface area contributed by atoms with Gasteiger partial charge in [0.05, 0.1) is 18.2 Å². The molecule has 240 valence electrons. The molecule has 0 unspecified atom stereocenters. The Morgan fingerprint density at radius 2 is 1.59 bits per heavy atom. The van der Waals surface area contributed by atoms with Gasteiger partial charge in [-0.1, -0.05) is 67.8 Å². The molecule has 2 aliphatic rings. The van der Waals surface area contributed by atoms with Crippen molar-refractivity contribution < 1.29 is 23.9 Å². The van der Waals surface area contributed by atoms with Gasteiger partial charge in [0.15, 0.2) is 0 Å². The molecular formula is C36H51N3O5. The second kappa shape index (κ2) is 17.8. The molecule has 8 nitrogen and oxygen atoms in total. The van der Waals surface area contributed by atoms with Crippen molar-refractivity contribution in [3.05, 3.63) is 54.6 Å². The lowest BCUT2D eigenvalue weighted by Crippen LogP contribution is -2.42. The number of unbranched alkanes of at least 4 members (excludes halogenated alkanes) is 2. The molecule has 1 saturated carbocycles. The molecule has 0 bridgehead atoms. The summed E-state index contributed by atoms with van der Waals surface area (Å²) in [5.74, 6) is 0.998. The third-order valence-electron chi connectivity index (χ3n) is 9.20. The first-order valence-corrected chi connectivity index (χ1v) is 16.7. The van der Waals surface area contributed by atoms with Crippen LogP contribution in [0.15, 0.2) is 54.6 Å². The Hall–Kier alpha value is -3.39. The third-order valence-corrected chi connectivity index (χ3v) is 9.20. The van der Waals surface area contributed by atoms with Crippen LogP contribution in [0.4, 0.5) is 10.5 Å². The SMILES string of the molecule is CCOC(=O)C1CCC(CCCCCC(=O)N(C)CCN2CCC(OC(=O)Nc3ccccc3-c3ccccc3)CC2)CC1. The van der Waals surface area contributed by atoms with Gasteiger partial charge >= 0.3 is 12.1 Å². The van der Waals surface area contributed by atoms with Crippen molar-refractivity contribution in [2.75, 3.05) is 45.2 Å². The number of piperidine rings is 1. The van der Waals surface area contributed by atoms with Crippen molar-refractivity contribution in [3.8, 4) is 11.1 Å². The molecule has 2 amide bonds. The van der Waals surface area contributed by atoms with Gasteiger partial charge in [-0.15, -0.1) is 0 Å². The number of esters is 1. The Morgan fingerprint density at radius 3 is 2.32 bits per heavy atom. The van der Waals surface area contributed by atoms with E-state index < -0.39 is 6.09 Å². The van der Waals surface area contributed by atoms with E-state index in [4.69, 9.17) is 9.47 Å². The topological polar surface area (TPSA) is 88.2 Å². The van der Waals surface area contributed by atoms with Crippen LogP contribution >= 0.6 is 0 Å². The average molecular weight is 606 g/mol. The second-order valence-corrected chi connectivity index (χ2v) is 12.4. The normalized spacial score (nSPS) is 19.2. The number of rotatable bonds is 14. The van der Waals surface area contributed by atoms with Gasteiger partial charge in [0.2, 0.25) is 5.91 Å². The van der Waals surface area contributed by atoms with E-state index in [1.165, 1.54) is 6.42 Å². The Balaban J connectivity index is 1.05. The molecule has 2 aromatic rings. The number of likely N-dealkylation sites (N-methyl/N-ethyl adjacent to an activating group) is 1. The monoisotopic (exact) mass is 605 g/mol. The molecule has 2 aromatic carbocycles. The molecule has 0 spiro atoms. The van der Waals surface area contributed by atoms with E-state index in [9.17, 15) is 14.4 Å². The summed E-state index contributed by atoms with van der Waals surface area (Å²) >= 11 is 0. The van der Waals surface area contributed by atoms with Crippen molar-refractivity contribution >= 4 is 23.7 Å². The van der Waals surface area contributed by atoms with E-state index in [2.05, 4.69) is 10.2 Å². The Labute approximate surface area is 263 Å². The third kappa shape index (κ3) is 10.7. The lowest BCUT2D eigenvalue weighted by Gasteiger charge is -2.32.